The lowest BCUT2D eigenvalue weighted by atomic mass is 10.1. The van der Waals surface area contributed by atoms with Gasteiger partial charge in [-0.1, -0.05) is 6.92 Å². The van der Waals surface area contributed by atoms with Gasteiger partial charge in [0.1, 0.15) is 0 Å². The van der Waals surface area contributed by atoms with Crippen molar-refractivity contribution in [2.24, 2.45) is 5.73 Å². The summed E-state index contributed by atoms with van der Waals surface area (Å²) in [6.45, 7) is 6.63. The van der Waals surface area contributed by atoms with Gasteiger partial charge in [-0.15, -0.1) is 0 Å². The van der Waals surface area contributed by atoms with Gasteiger partial charge in [0.2, 0.25) is 0 Å². The molecule has 0 saturated carbocycles. The van der Waals surface area contributed by atoms with Crippen molar-refractivity contribution in [1.82, 2.24) is 4.57 Å². The quantitative estimate of drug-likeness (QED) is 0.697. The van der Waals surface area contributed by atoms with E-state index in [9.17, 15) is 0 Å². The van der Waals surface area contributed by atoms with E-state index in [0.29, 0.717) is 0 Å². The molecule has 1 unspecified atom stereocenters. The maximum Gasteiger partial charge on any atom is 0.0645 e. The van der Waals surface area contributed by atoms with E-state index in [1.54, 1.807) is 0 Å². The van der Waals surface area contributed by atoms with Gasteiger partial charge < -0.3 is 15.0 Å². The van der Waals surface area contributed by atoms with Crippen molar-refractivity contribution in [3.05, 3.63) is 24.0 Å². The monoisotopic (exact) mass is 210 g/mol. The number of nitrogens with two attached hydrogens (primary N) is 1. The second-order valence-electron chi connectivity index (χ2n) is 3.83. The van der Waals surface area contributed by atoms with E-state index in [1.807, 2.05) is 6.92 Å². The fourth-order valence-electron chi connectivity index (χ4n) is 1.51. The molecule has 86 valence electrons. The predicted molar refractivity (Wildman–Crippen MR) is 62.9 cm³/mol. The van der Waals surface area contributed by atoms with E-state index in [2.05, 4.69) is 30.0 Å². The van der Waals surface area contributed by atoms with Gasteiger partial charge in [-0.3, -0.25) is 0 Å². The molecule has 15 heavy (non-hydrogen) atoms. The average Bonchev–Trinajstić information content (AvgIpc) is 2.66. The fraction of sp³-hybridized carbons (Fsp3) is 0.667. The first-order valence-electron chi connectivity index (χ1n) is 5.74. The van der Waals surface area contributed by atoms with Gasteiger partial charge in [0.15, 0.2) is 0 Å². The van der Waals surface area contributed by atoms with E-state index >= 15 is 0 Å². The Hall–Kier alpha value is -0.800. The Morgan fingerprint density at radius 3 is 2.93 bits per heavy atom. The van der Waals surface area contributed by atoms with Crippen LogP contribution in [0.2, 0.25) is 0 Å². The summed E-state index contributed by atoms with van der Waals surface area (Å²) in [5.41, 5.74) is 7.22. The minimum Gasteiger partial charge on any atom is -0.380 e. The molecule has 1 atom stereocenters. The standard InChI is InChI=1S/C12H22N2O/c1-3-12(13)9-11-5-6-14(10-11)7-8-15-4-2/h5-6,10,12H,3-4,7-9,13H2,1-2H3. The van der Waals surface area contributed by atoms with Crippen molar-refractivity contribution in [2.45, 2.75) is 39.3 Å². The van der Waals surface area contributed by atoms with Crippen LogP contribution in [0.4, 0.5) is 0 Å². The summed E-state index contributed by atoms with van der Waals surface area (Å²) in [6.07, 6.45) is 6.26. The molecule has 1 aromatic heterocycles. The Kier molecular flexibility index (Phi) is 5.43. The third kappa shape index (κ3) is 4.49. The molecule has 3 nitrogen and oxygen atoms in total. The van der Waals surface area contributed by atoms with Crippen LogP contribution in [0, 0.1) is 0 Å². The summed E-state index contributed by atoms with van der Waals surface area (Å²) in [6, 6.07) is 2.43. The Morgan fingerprint density at radius 2 is 2.27 bits per heavy atom. The predicted octanol–water partition coefficient (Wildman–Crippen LogP) is 1.80. The molecule has 1 rings (SSSR count). The molecule has 1 aromatic rings. The second-order valence-corrected chi connectivity index (χ2v) is 3.83. The van der Waals surface area contributed by atoms with Crippen LogP contribution >= 0.6 is 0 Å². The molecule has 0 spiro atoms. The van der Waals surface area contributed by atoms with Gasteiger partial charge in [0.25, 0.3) is 0 Å². The first-order chi connectivity index (χ1) is 7.26. The van der Waals surface area contributed by atoms with Crippen molar-refractivity contribution in [1.29, 1.82) is 0 Å². The number of hydrogen-bond acceptors (Lipinski definition) is 2. The molecule has 0 aromatic carbocycles. The van der Waals surface area contributed by atoms with Gasteiger partial charge in [-0.2, -0.15) is 0 Å². The number of aromatic nitrogens is 1. The van der Waals surface area contributed by atoms with E-state index in [4.69, 9.17) is 10.5 Å². The molecule has 0 aliphatic rings. The van der Waals surface area contributed by atoms with Gasteiger partial charge in [0, 0.05) is 31.6 Å². The normalized spacial score (nSPS) is 13.0. The van der Waals surface area contributed by atoms with Gasteiger partial charge in [0.05, 0.1) is 6.61 Å². The van der Waals surface area contributed by atoms with E-state index in [0.717, 1.165) is 32.6 Å². The molecule has 1 heterocycles. The number of rotatable bonds is 7. The topological polar surface area (TPSA) is 40.2 Å². The molecular weight excluding hydrogens is 188 g/mol. The lowest BCUT2D eigenvalue weighted by molar-refractivity contribution is 0.139. The Morgan fingerprint density at radius 1 is 1.47 bits per heavy atom. The zero-order valence-electron chi connectivity index (χ0n) is 9.78. The molecule has 0 radical (unpaired) electrons. The first kappa shape index (κ1) is 12.3. The summed E-state index contributed by atoms with van der Waals surface area (Å²) < 4.78 is 7.46. The molecule has 3 heteroatoms. The van der Waals surface area contributed by atoms with Crippen LogP contribution in [0.1, 0.15) is 25.8 Å². The van der Waals surface area contributed by atoms with Gasteiger partial charge >= 0.3 is 0 Å². The highest BCUT2D eigenvalue weighted by Gasteiger charge is 2.02. The summed E-state index contributed by atoms with van der Waals surface area (Å²) in [4.78, 5) is 0. The Labute approximate surface area is 92.2 Å². The summed E-state index contributed by atoms with van der Waals surface area (Å²) in [7, 11) is 0. The van der Waals surface area contributed by atoms with E-state index in [-0.39, 0.29) is 6.04 Å². The zero-order chi connectivity index (χ0) is 11.1. The highest BCUT2D eigenvalue weighted by atomic mass is 16.5. The van der Waals surface area contributed by atoms with E-state index < -0.39 is 0 Å². The molecule has 2 N–H and O–H groups in total. The van der Waals surface area contributed by atoms with Crippen LogP contribution in [-0.2, 0) is 17.7 Å². The van der Waals surface area contributed by atoms with Crippen LogP contribution in [0.3, 0.4) is 0 Å². The average molecular weight is 210 g/mol. The third-order valence-corrected chi connectivity index (χ3v) is 2.53. The van der Waals surface area contributed by atoms with Crippen LogP contribution in [0.25, 0.3) is 0 Å². The maximum atomic E-state index is 5.90. The van der Waals surface area contributed by atoms with Crippen molar-refractivity contribution in [3.63, 3.8) is 0 Å². The minimum absolute atomic E-state index is 0.285. The summed E-state index contributed by atoms with van der Waals surface area (Å²) in [5, 5.41) is 0. The smallest absolute Gasteiger partial charge is 0.0645 e. The van der Waals surface area contributed by atoms with Gasteiger partial charge in [-0.25, -0.2) is 0 Å². The third-order valence-electron chi connectivity index (χ3n) is 2.53. The van der Waals surface area contributed by atoms with Crippen LogP contribution in [0.15, 0.2) is 18.5 Å². The SMILES string of the molecule is CCOCCn1ccc(CC(N)CC)c1. The Bertz CT molecular complexity index is 270. The molecule has 0 amide bonds. The number of ether oxygens (including phenoxy) is 1. The molecule has 0 bridgehead atoms. The van der Waals surface area contributed by atoms with Crippen molar-refractivity contribution in [2.75, 3.05) is 13.2 Å². The van der Waals surface area contributed by atoms with Crippen LogP contribution < -0.4 is 5.73 Å². The molecule has 0 fully saturated rings. The second kappa shape index (κ2) is 6.64. The van der Waals surface area contributed by atoms with Crippen molar-refractivity contribution < 1.29 is 4.74 Å². The van der Waals surface area contributed by atoms with E-state index in [1.165, 1.54) is 5.56 Å². The Balaban J connectivity index is 2.35. The van der Waals surface area contributed by atoms with Crippen molar-refractivity contribution >= 4 is 0 Å². The first-order valence-corrected chi connectivity index (χ1v) is 5.74. The molecule has 0 aliphatic carbocycles. The van der Waals surface area contributed by atoms with Crippen LogP contribution in [0.5, 0.6) is 0 Å². The van der Waals surface area contributed by atoms with Crippen LogP contribution in [-0.4, -0.2) is 23.8 Å². The summed E-state index contributed by atoms with van der Waals surface area (Å²) in [5.74, 6) is 0. The summed E-state index contributed by atoms with van der Waals surface area (Å²) >= 11 is 0. The number of hydrogen-bond donors (Lipinski definition) is 1. The highest BCUT2D eigenvalue weighted by Crippen LogP contribution is 2.05. The molecule has 0 saturated heterocycles. The minimum atomic E-state index is 0.285. The lowest BCUT2D eigenvalue weighted by Gasteiger charge is -2.06. The highest BCUT2D eigenvalue weighted by molar-refractivity contribution is 5.11. The maximum absolute atomic E-state index is 5.90. The fourth-order valence-corrected chi connectivity index (χ4v) is 1.51. The van der Waals surface area contributed by atoms with Gasteiger partial charge in [-0.05, 0) is 31.4 Å². The zero-order valence-corrected chi connectivity index (χ0v) is 9.78. The molecular formula is C12H22N2O. The van der Waals surface area contributed by atoms with Crippen molar-refractivity contribution in [3.8, 4) is 0 Å². The largest absolute Gasteiger partial charge is 0.380 e. The molecule has 0 aliphatic heterocycles. The number of nitrogens with zero attached hydrogens (tertiary/aromatic N) is 1. The lowest BCUT2D eigenvalue weighted by Crippen LogP contribution is -2.21.